The van der Waals surface area contributed by atoms with E-state index in [0.29, 0.717) is 29.2 Å². The third-order valence-electron chi connectivity index (χ3n) is 5.53. The highest BCUT2D eigenvalue weighted by molar-refractivity contribution is 5.95. The number of carbonyl (C=O) groups is 1. The zero-order valence-electron chi connectivity index (χ0n) is 19.1. The molecule has 2 atom stereocenters. The van der Waals surface area contributed by atoms with Crippen molar-refractivity contribution in [3.63, 3.8) is 0 Å². The van der Waals surface area contributed by atoms with Crippen molar-refractivity contribution in [2.75, 3.05) is 6.54 Å². The minimum atomic E-state index is -0.997. The number of hydrogen-bond acceptors (Lipinski definition) is 4. The number of rotatable bonds is 10. The number of amides is 1. The second kappa shape index (κ2) is 11.2. The first-order chi connectivity index (χ1) is 15.7. The Balaban J connectivity index is 1.71. The molecule has 7 heteroatoms. The SMILES string of the molecule is CCc1cccc(CNCC(O)C(Cc2cc(F)cc(F)c2)NC(=O)c2cc(C)oc2C)c1. The number of furan rings is 1. The topological polar surface area (TPSA) is 74.5 Å². The lowest BCUT2D eigenvalue weighted by atomic mass is 10.00. The van der Waals surface area contributed by atoms with Crippen LogP contribution in [-0.4, -0.2) is 29.7 Å². The molecule has 0 spiro atoms. The van der Waals surface area contributed by atoms with Crippen molar-refractivity contribution >= 4 is 5.91 Å². The quantitative estimate of drug-likeness (QED) is 0.427. The molecule has 5 nitrogen and oxygen atoms in total. The van der Waals surface area contributed by atoms with Crippen molar-refractivity contribution in [3.05, 3.63) is 93.9 Å². The second-order valence-corrected chi connectivity index (χ2v) is 8.26. The average molecular weight is 457 g/mol. The van der Waals surface area contributed by atoms with Gasteiger partial charge in [0, 0.05) is 19.2 Å². The van der Waals surface area contributed by atoms with Crippen LogP contribution in [0.2, 0.25) is 0 Å². The summed E-state index contributed by atoms with van der Waals surface area (Å²) in [6.07, 6.45) is -0.00508. The third-order valence-corrected chi connectivity index (χ3v) is 5.53. The molecule has 2 aromatic carbocycles. The van der Waals surface area contributed by atoms with Gasteiger partial charge in [-0.15, -0.1) is 0 Å². The Morgan fingerprint density at radius 1 is 1.03 bits per heavy atom. The molecule has 0 aliphatic carbocycles. The van der Waals surface area contributed by atoms with Gasteiger partial charge in [0.1, 0.15) is 23.2 Å². The molecule has 0 fully saturated rings. The van der Waals surface area contributed by atoms with Gasteiger partial charge in [-0.05, 0) is 61.6 Å². The first-order valence-corrected chi connectivity index (χ1v) is 11.0. The zero-order chi connectivity index (χ0) is 24.0. The zero-order valence-corrected chi connectivity index (χ0v) is 19.1. The molecule has 0 radical (unpaired) electrons. The summed E-state index contributed by atoms with van der Waals surface area (Å²) < 4.78 is 32.8. The van der Waals surface area contributed by atoms with Crippen molar-refractivity contribution in [1.82, 2.24) is 10.6 Å². The highest BCUT2D eigenvalue weighted by Gasteiger charge is 2.24. The van der Waals surface area contributed by atoms with E-state index in [1.807, 2.05) is 12.1 Å². The van der Waals surface area contributed by atoms with Gasteiger partial charge in [-0.2, -0.15) is 0 Å². The normalized spacial score (nSPS) is 13.0. The van der Waals surface area contributed by atoms with Crippen molar-refractivity contribution in [2.24, 2.45) is 0 Å². The van der Waals surface area contributed by atoms with E-state index in [0.717, 1.165) is 18.1 Å². The highest BCUT2D eigenvalue weighted by Crippen LogP contribution is 2.16. The maximum atomic E-state index is 13.7. The Bertz CT molecular complexity index is 1080. The Hall–Kier alpha value is -3.03. The van der Waals surface area contributed by atoms with E-state index in [1.165, 1.54) is 17.7 Å². The summed E-state index contributed by atoms with van der Waals surface area (Å²) in [5, 5.41) is 16.9. The van der Waals surface area contributed by atoms with Gasteiger partial charge in [-0.3, -0.25) is 4.79 Å². The number of halogens is 2. The maximum absolute atomic E-state index is 13.7. The molecule has 1 heterocycles. The summed E-state index contributed by atoms with van der Waals surface area (Å²) >= 11 is 0. The van der Waals surface area contributed by atoms with Crippen LogP contribution in [-0.2, 0) is 19.4 Å². The molecule has 0 bridgehead atoms. The smallest absolute Gasteiger partial charge is 0.255 e. The largest absolute Gasteiger partial charge is 0.466 e. The van der Waals surface area contributed by atoms with Crippen LogP contribution in [0.3, 0.4) is 0 Å². The number of nitrogens with one attached hydrogen (secondary N) is 2. The average Bonchev–Trinajstić information content (AvgIpc) is 3.10. The predicted octanol–water partition coefficient (Wildman–Crippen LogP) is 4.23. The van der Waals surface area contributed by atoms with Gasteiger partial charge in [0.05, 0.1) is 17.7 Å². The lowest BCUT2D eigenvalue weighted by Gasteiger charge is -2.25. The number of aryl methyl sites for hydroxylation is 3. The fourth-order valence-corrected chi connectivity index (χ4v) is 3.83. The van der Waals surface area contributed by atoms with Crippen LogP contribution in [0.4, 0.5) is 8.78 Å². The second-order valence-electron chi connectivity index (χ2n) is 8.26. The maximum Gasteiger partial charge on any atom is 0.255 e. The van der Waals surface area contributed by atoms with Crippen LogP contribution in [0.25, 0.3) is 0 Å². The Kier molecular flexibility index (Phi) is 8.36. The Labute approximate surface area is 192 Å². The van der Waals surface area contributed by atoms with Crippen LogP contribution in [0.1, 0.15) is 45.5 Å². The molecule has 0 saturated carbocycles. The van der Waals surface area contributed by atoms with Crippen LogP contribution < -0.4 is 10.6 Å². The molecule has 1 amide bonds. The summed E-state index contributed by atoms with van der Waals surface area (Å²) in [6, 6.07) is 12.2. The summed E-state index contributed by atoms with van der Waals surface area (Å²) in [4.78, 5) is 12.8. The first-order valence-electron chi connectivity index (χ1n) is 11.0. The minimum Gasteiger partial charge on any atom is -0.466 e. The van der Waals surface area contributed by atoms with Gasteiger partial charge >= 0.3 is 0 Å². The van der Waals surface area contributed by atoms with E-state index in [2.05, 4.69) is 29.7 Å². The first kappa shape index (κ1) is 24.6. The number of aliphatic hydroxyl groups is 1. The fraction of sp³-hybridized carbons (Fsp3) is 0.346. The monoisotopic (exact) mass is 456 g/mol. The molecule has 176 valence electrons. The van der Waals surface area contributed by atoms with Gasteiger partial charge in [0.15, 0.2) is 0 Å². The van der Waals surface area contributed by atoms with Crippen LogP contribution in [0.15, 0.2) is 52.9 Å². The molecular weight excluding hydrogens is 426 g/mol. The fourth-order valence-electron chi connectivity index (χ4n) is 3.83. The third kappa shape index (κ3) is 6.97. The molecule has 2 unspecified atom stereocenters. The number of carbonyl (C=O) groups excluding carboxylic acids is 1. The molecule has 0 saturated heterocycles. The standard InChI is InChI=1S/C26H30F2N2O3/c1-4-18-6-5-7-19(9-18)14-29-15-25(31)24(12-20-10-21(27)13-22(28)11-20)30-26(32)23-8-16(2)33-17(23)3/h5-11,13,24-25,29,31H,4,12,14-15H2,1-3H3,(H,30,32). The van der Waals surface area contributed by atoms with Crippen molar-refractivity contribution in [1.29, 1.82) is 0 Å². The molecule has 0 aliphatic rings. The molecular formula is C26H30F2N2O3. The molecule has 3 aromatic rings. The van der Waals surface area contributed by atoms with Crippen molar-refractivity contribution in [3.8, 4) is 0 Å². The lowest BCUT2D eigenvalue weighted by Crippen LogP contribution is -2.48. The van der Waals surface area contributed by atoms with E-state index in [1.54, 1.807) is 19.9 Å². The summed E-state index contributed by atoms with van der Waals surface area (Å²) in [6.45, 7) is 6.23. The van der Waals surface area contributed by atoms with Gasteiger partial charge < -0.3 is 20.2 Å². The summed E-state index contributed by atoms with van der Waals surface area (Å²) in [5.74, 6) is -0.776. The number of benzene rings is 2. The lowest BCUT2D eigenvalue weighted by molar-refractivity contribution is 0.0828. The van der Waals surface area contributed by atoms with Gasteiger partial charge in [0.25, 0.3) is 5.91 Å². The minimum absolute atomic E-state index is 0.0600. The van der Waals surface area contributed by atoms with E-state index in [-0.39, 0.29) is 13.0 Å². The number of aliphatic hydroxyl groups excluding tert-OH is 1. The number of hydrogen-bond donors (Lipinski definition) is 3. The molecule has 3 N–H and O–H groups in total. The summed E-state index contributed by atoms with van der Waals surface area (Å²) in [5.41, 5.74) is 3.00. The molecule has 0 aliphatic heterocycles. The van der Waals surface area contributed by atoms with E-state index in [4.69, 9.17) is 4.42 Å². The molecule has 1 aromatic heterocycles. The van der Waals surface area contributed by atoms with Gasteiger partial charge in [-0.25, -0.2) is 8.78 Å². The molecule has 3 rings (SSSR count). The van der Waals surface area contributed by atoms with E-state index in [9.17, 15) is 18.7 Å². The highest BCUT2D eigenvalue weighted by atomic mass is 19.1. The Morgan fingerprint density at radius 2 is 1.73 bits per heavy atom. The van der Waals surface area contributed by atoms with Crippen LogP contribution in [0, 0.1) is 25.5 Å². The van der Waals surface area contributed by atoms with Crippen LogP contribution in [0.5, 0.6) is 0 Å². The van der Waals surface area contributed by atoms with Crippen LogP contribution >= 0.6 is 0 Å². The van der Waals surface area contributed by atoms with Gasteiger partial charge in [-0.1, -0.05) is 31.2 Å². The van der Waals surface area contributed by atoms with E-state index < -0.39 is 29.7 Å². The predicted molar refractivity (Wildman–Crippen MR) is 123 cm³/mol. The molecule has 33 heavy (non-hydrogen) atoms. The van der Waals surface area contributed by atoms with Crippen molar-refractivity contribution in [2.45, 2.75) is 52.3 Å². The Morgan fingerprint density at radius 3 is 2.36 bits per heavy atom. The van der Waals surface area contributed by atoms with Crippen molar-refractivity contribution < 1.29 is 23.1 Å². The summed E-state index contributed by atoms with van der Waals surface area (Å²) in [7, 11) is 0. The van der Waals surface area contributed by atoms with Gasteiger partial charge in [0.2, 0.25) is 0 Å². The van der Waals surface area contributed by atoms with E-state index >= 15 is 0 Å².